The summed E-state index contributed by atoms with van der Waals surface area (Å²) in [6, 6.07) is 8.86. The van der Waals surface area contributed by atoms with Crippen molar-refractivity contribution in [3.63, 3.8) is 0 Å². The van der Waals surface area contributed by atoms with Crippen LogP contribution in [-0.4, -0.2) is 53.2 Å². The van der Waals surface area contributed by atoms with E-state index in [4.69, 9.17) is 4.74 Å². The molecule has 3 rings (SSSR count). The molecular formula is C20H26FN5O2. The Kier molecular flexibility index (Phi) is 7.00. The van der Waals surface area contributed by atoms with Crippen LogP contribution in [0.3, 0.4) is 0 Å². The summed E-state index contributed by atoms with van der Waals surface area (Å²) in [5, 5.41) is 6.61. The van der Waals surface area contributed by atoms with Crippen molar-refractivity contribution >= 4 is 17.7 Å². The number of hydrogen-bond acceptors (Lipinski definition) is 6. The molecule has 0 radical (unpaired) electrons. The highest BCUT2D eigenvalue weighted by Crippen LogP contribution is 2.17. The Hall–Kier alpha value is -2.90. The molecule has 1 aromatic carbocycles. The molecule has 0 atom stereocenters. The smallest absolute Gasteiger partial charge is 0.409 e. The predicted molar refractivity (Wildman–Crippen MR) is 106 cm³/mol. The number of amides is 1. The lowest BCUT2D eigenvalue weighted by Crippen LogP contribution is -2.42. The molecule has 1 aliphatic heterocycles. The molecule has 2 heterocycles. The topological polar surface area (TPSA) is 79.4 Å². The molecule has 2 aromatic rings. The molecule has 1 amide bonds. The van der Waals surface area contributed by atoms with Crippen molar-refractivity contribution in [1.82, 2.24) is 14.9 Å². The molecule has 150 valence electrons. The fraction of sp³-hybridized carbons (Fsp3) is 0.450. The maximum Gasteiger partial charge on any atom is 0.409 e. The number of nitrogens with zero attached hydrogens (tertiary/aromatic N) is 3. The molecule has 1 aliphatic rings. The summed E-state index contributed by atoms with van der Waals surface area (Å²) in [5.74, 6) is 1.24. The zero-order valence-corrected chi connectivity index (χ0v) is 16.0. The second-order valence-corrected chi connectivity index (χ2v) is 6.66. The van der Waals surface area contributed by atoms with E-state index in [1.165, 1.54) is 12.4 Å². The average molecular weight is 387 g/mol. The number of piperidine rings is 1. The zero-order chi connectivity index (χ0) is 19.8. The van der Waals surface area contributed by atoms with Crippen LogP contribution in [0.1, 0.15) is 25.3 Å². The van der Waals surface area contributed by atoms with Crippen LogP contribution < -0.4 is 10.6 Å². The minimum Gasteiger partial charge on any atom is -0.450 e. The van der Waals surface area contributed by atoms with Crippen LogP contribution in [0, 0.1) is 5.82 Å². The van der Waals surface area contributed by atoms with E-state index in [0.717, 1.165) is 18.7 Å². The number of halogens is 1. The number of aromatic nitrogens is 2. The van der Waals surface area contributed by atoms with Crippen LogP contribution in [0.5, 0.6) is 0 Å². The van der Waals surface area contributed by atoms with Crippen LogP contribution >= 0.6 is 0 Å². The lowest BCUT2D eigenvalue weighted by atomic mass is 10.1. The Morgan fingerprint density at radius 3 is 2.75 bits per heavy atom. The van der Waals surface area contributed by atoms with Crippen molar-refractivity contribution in [2.75, 3.05) is 36.9 Å². The molecule has 0 aliphatic carbocycles. The van der Waals surface area contributed by atoms with Gasteiger partial charge in [-0.2, -0.15) is 0 Å². The Morgan fingerprint density at radius 2 is 2.00 bits per heavy atom. The van der Waals surface area contributed by atoms with Crippen molar-refractivity contribution in [3.8, 4) is 0 Å². The van der Waals surface area contributed by atoms with Crippen molar-refractivity contribution in [3.05, 3.63) is 48.0 Å². The van der Waals surface area contributed by atoms with Crippen LogP contribution in [0.25, 0.3) is 0 Å². The predicted octanol–water partition coefficient (Wildman–Crippen LogP) is 3.30. The molecule has 0 unspecified atom stereocenters. The number of nitrogens with one attached hydrogen (secondary N) is 2. The van der Waals surface area contributed by atoms with Crippen LogP contribution in [-0.2, 0) is 11.2 Å². The van der Waals surface area contributed by atoms with Crippen molar-refractivity contribution in [2.45, 2.75) is 32.2 Å². The third-order valence-corrected chi connectivity index (χ3v) is 4.70. The van der Waals surface area contributed by atoms with Gasteiger partial charge in [-0.25, -0.2) is 19.2 Å². The number of likely N-dealkylation sites (tertiary alicyclic amines) is 1. The Balaban J connectivity index is 1.46. The number of ether oxygens (including phenoxy) is 1. The maximum atomic E-state index is 13.7. The first-order valence-electron chi connectivity index (χ1n) is 9.63. The molecule has 0 spiro atoms. The summed E-state index contributed by atoms with van der Waals surface area (Å²) in [4.78, 5) is 22.0. The quantitative estimate of drug-likeness (QED) is 0.759. The number of anilines is 2. The summed E-state index contributed by atoms with van der Waals surface area (Å²) >= 11 is 0. The molecule has 7 nitrogen and oxygen atoms in total. The fourth-order valence-corrected chi connectivity index (χ4v) is 3.19. The molecular weight excluding hydrogens is 361 g/mol. The van der Waals surface area contributed by atoms with Crippen molar-refractivity contribution < 1.29 is 13.9 Å². The molecule has 1 saturated heterocycles. The zero-order valence-electron chi connectivity index (χ0n) is 16.0. The first kappa shape index (κ1) is 19.9. The Morgan fingerprint density at radius 1 is 1.25 bits per heavy atom. The summed E-state index contributed by atoms with van der Waals surface area (Å²) in [6.07, 6.45) is 3.50. The molecule has 1 aromatic heterocycles. The monoisotopic (exact) mass is 387 g/mol. The van der Waals surface area contributed by atoms with Gasteiger partial charge in [-0.15, -0.1) is 0 Å². The molecule has 28 heavy (non-hydrogen) atoms. The van der Waals surface area contributed by atoms with E-state index < -0.39 is 0 Å². The second kappa shape index (κ2) is 9.87. The van der Waals surface area contributed by atoms with Gasteiger partial charge >= 0.3 is 6.09 Å². The van der Waals surface area contributed by atoms with Crippen molar-refractivity contribution in [2.24, 2.45) is 0 Å². The van der Waals surface area contributed by atoms with Crippen LogP contribution in [0.15, 0.2) is 36.7 Å². The normalized spacial score (nSPS) is 14.6. The first-order chi connectivity index (χ1) is 13.7. The van der Waals surface area contributed by atoms with Gasteiger partial charge in [-0.05, 0) is 37.8 Å². The minimum absolute atomic E-state index is 0.191. The minimum atomic E-state index is -0.246. The third kappa shape index (κ3) is 5.55. The number of hydrogen-bond donors (Lipinski definition) is 2. The van der Waals surface area contributed by atoms with E-state index in [0.29, 0.717) is 44.0 Å². The maximum absolute atomic E-state index is 13.7. The van der Waals surface area contributed by atoms with Gasteiger partial charge < -0.3 is 20.3 Å². The van der Waals surface area contributed by atoms with E-state index in [9.17, 15) is 9.18 Å². The summed E-state index contributed by atoms with van der Waals surface area (Å²) < 4.78 is 18.7. The van der Waals surface area contributed by atoms with Gasteiger partial charge in [-0.3, -0.25) is 0 Å². The van der Waals surface area contributed by atoms with Crippen LogP contribution in [0.2, 0.25) is 0 Å². The average Bonchev–Trinajstić information content (AvgIpc) is 2.70. The van der Waals surface area contributed by atoms with Gasteiger partial charge in [0.2, 0.25) is 0 Å². The second-order valence-electron chi connectivity index (χ2n) is 6.66. The molecule has 0 saturated carbocycles. The van der Waals surface area contributed by atoms with Gasteiger partial charge in [0.15, 0.2) is 0 Å². The van der Waals surface area contributed by atoms with Gasteiger partial charge in [0.25, 0.3) is 0 Å². The van der Waals surface area contributed by atoms with E-state index in [-0.39, 0.29) is 18.0 Å². The lowest BCUT2D eigenvalue weighted by Gasteiger charge is -2.31. The fourth-order valence-electron chi connectivity index (χ4n) is 3.19. The SMILES string of the molecule is CCOC(=O)N1CCC(Nc2cc(NCCc3ccccc3F)ncn2)CC1. The summed E-state index contributed by atoms with van der Waals surface area (Å²) in [5.41, 5.74) is 0.677. The Labute approximate surface area is 164 Å². The van der Waals surface area contributed by atoms with Gasteiger partial charge in [-0.1, -0.05) is 18.2 Å². The number of benzene rings is 1. The number of carbonyl (C=O) groups excluding carboxylic acids is 1. The van der Waals surface area contributed by atoms with Crippen molar-refractivity contribution in [1.29, 1.82) is 0 Å². The Bertz CT molecular complexity index is 781. The highest BCUT2D eigenvalue weighted by atomic mass is 19.1. The number of rotatable bonds is 7. The lowest BCUT2D eigenvalue weighted by molar-refractivity contribution is 0.0983. The van der Waals surface area contributed by atoms with E-state index in [2.05, 4.69) is 20.6 Å². The number of carbonyl (C=O) groups is 1. The van der Waals surface area contributed by atoms with E-state index >= 15 is 0 Å². The van der Waals surface area contributed by atoms with E-state index in [1.54, 1.807) is 17.0 Å². The molecule has 0 bridgehead atoms. The van der Waals surface area contributed by atoms with E-state index in [1.807, 2.05) is 19.1 Å². The van der Waals surface area contributed by atoms with Gasteiger partial charge in [0, 0.05) is 31.7 Å². The highest BCUT2D eigenvalue weighted by Gasteiger charge is 2.23. The highest BCUT2D eigenvalue weighted by molar-refractivity contribution is 5.67. The third-order valence-electron chi connectivity index (χ3n) is 4.70. The van der Waals surface area contributed by atoms with Gasteiger partial charge in [0.1, 0.15) is 23.8 Å². The largest absolute Gasteiger partial charge is 0.450 e. The summed E-state index contributed by atoms with van der Waals surface area (Å²) in [6.45, 7) is 4.11. The molecule has 1 fully saturated rings. The molecule has 8 heteroatoms. The first-order valence-corrected chi connectivity index (χ1v) is 9.63. The van der Waals surface area contributed by atoms with Crippen LogP contribution in [0.4, 0.5) is 20.8 Å². The standard InChI is InChI=1S/C20H26FN5O2/c1-2-28-20(27)26-11-8-16(9-12-26)25-19-13-18(23-14-24-19)22-10-7-15-5-3-4-6-17(15)21/h3-6,13-14,16H,2,7-12H2,1H3,(H2,22,23,24,25). The van der Waals surface area contributed by atoms with Gasteiger partial charge in [0.05, 0.1) is 6.61 Å². The summed E-state index contributed by atoms with van der Waals surface area (Å²) in [7, 11) is 0. The molecule has 2 N–H and O–H groups in total.